The van der Waals surface area contributed by atoms with Crippen LogP contribution in [0.1, 0.15) is 19.3 Å². The maximum Gasteiger partial charge on any atom is 0.490 e. The Hall–Kier alpha value is -2.29. The normalized spacial score (nSPS) is 26.2. The molecule has 4 rings (SSSR count). The molecule has 0 radical (unpaired) electrons. The monoisotopic (exact) mass is 414 g/mol. The SMILES string of the molecule is O=C(NCC1CC1)[C@@H]1CN(c2ccccc2)C[C@H]2OCC[C@H]21.O=C(O)C(F)(F)F. The number of nitrogens with one attached hydrogen (secondary N) is 1. The predicted octanol–water partition coefficient (Wildman–Crippen LogP) is 2.69. The number of carbonyl (C=O) groups is 2. The zero-order valence-corrected chi connectivity index (χ0v) is 15.9. The van der Waals surface area contributed by atoms with Crippen molar-refractivity contribution < 1.29 is 32.6 Å². The van der Waals surface area contributed by atoms with E-state index in [1.165, 1.54) is 18.5 Å². The van der Waals surface area contributed by atoms with Gasteiger partial charge in [0.2, 0.25) is 5.91 Å². The number of aliphatic carboxylic acids is 1. The number of benzene rings is 1. The van der Waals surface area contributed by atoms with E-state index in [1.807, 2.05) is 6.07 Å². The smallest absolute Gasteiger partial charge is 0.475 e. The molecule has 3 atom stereocenters. The molecule has 0 spiro atoms. The lowest BCUT2D eigenvalue weighted by Gasteiger charge is -2.40. The fourth-order valence-corrected chi connectivity index (χ4v) is 3.80. The minimum Gasteiger partial charge on any atom is -0.475 e. The molecule has 0 aromatic heterocycles. The summed E-state index contributed by atoms with van der Waals surface area (Å²) in [5.41, 5.74) is 1.19. The van der Waals surface area contributed by atoms with Crippen molar-refractivity contribution in [1.29, 1.82) is 0 Å². The Kier molecular flexibility index (Phi) is 6.66. The van der Waals surface area contributed by atoms with Crippen LogP contribution in [0, 0.1) is 17.8 Å². The largest absolute Gasteiger partial charge is 0.490 e. The number of nitrogens with zero attached hydrogens (tertiary/aromatic N) is 1. The van der Waals surface area contributed by atoms with Crippen molar-refractivity contribution in [1.82, 2.24) is 5.32 Å². The zero-order valence-electron chi connectivity index (χ0n) is 15.9. The molecule has 6 nitrogen and oxygen atoms in total. The average molecular weight is 414 g/mol. The third kappa shape index (κ3) is 5.85. The number of alkyl halides is 3. The number of hydrogen-bond donors (Lipinski definition) is 2. The van der Waals surface area contributed by atoms with Crippen LogP contribution in [-0.4, -0.2) is 55.5 Å². The van der Waals surface area contributed by atoms with Crippen LogP contribution in [0.4, 0.5) is 18.9 Å². The molecule has 0 bridgehead atoms. The number of fused-ring (bicyclic) bond motifs is 1. The van der Waals surface area contributed by atoms with Gasteiger partial charge in [0, 0.05) is 37.8 Å². The minimum absolute atomic E-state index is 0.0557. The minimum atomic E-state index is -5.08. The molecule has 9 heteroatoms. The summed E-state index contributed by atoms with van der Waals surface area (Å²) in [7, 11) is 0. The number of amides is 1. The van der Waals surface area contributed by atoms with Crippen LogP contribution < -0.4 is 10.2 Å². The quantitative estimate of drug-likeness (QED) is 0.792. The second kappa shape index (κ2) is 9.02. The van der Waals surface area contributed by atoms with Gasteiger partial charge < -0.3 is 20.1 Å². The number of rotatable bonds is 4. The lowest BCUT2D eigenvalue weighted by molar-refractivity contribution is -0.192. The van der Waals surface area contributed by atoms with E-state index in [0.717, 1.165) is 38.6 Å². The summed E-state index contributed by atoms with van der Waals surface area (Å²) in [6.07, 6.45) is -1.31. The van der Waals surface area contributed by atoms with E-state index in [1.54, 1.807) is 0 Å². The second-order valence-electron chi connectivity index (χ2n) is 7.70. The van der Waals surface area contributed by atoms with E-state index >= 15 is 0 Å². The van der Waals surface area contributed by atoms with Gasteiger partial charge >= 0.3 is 12.1 Å². The first-order valence-electron chi connectivity index (χ1n) is 9.75. The van der Waals surface area contributed by atoms with Crippen molar-refractivity contribution in [2.75, 3.05) is 31.1 Å². The highest BCUT2D eigenvalue weighted by Gasteiger charge is 2.44. The van der Waals surface area contributed by atoms with Crippen LogP contribution in [0.3, 0.4) is 0 Å². The summed E-state index contributed by atoms with van der Waals surface area (Å²) < 4.78 is 37.6. The summed E-state index contributed by atoms with van der Waals surface area (Å²) in [5, 5.41) is 10.3. The van der Waals surface area contributed by atoms with E-state index in [4.69, 9.17) is 14.6 Å². The van der Waals surface area contributed by atoms with Crippen molar-refractivity contribution in [3.8, 4) is 0 Å². The number of ether oxygens (including phenoxy) is 1. The number of para-hydroxylation sites is 1. The lowest BCUT2D eigenvalue weighted by Crippen LogP contribution is -2.53. The molecule has 0 unspecified atom stereocenters. The number of anilines is 1. The van der Waals surface area contributed by atoms with Crippen molar-refractivity contribution >= 4 is 17.6 Å². The first-order valence-corrected chi connectivity index (χ1v) is 9.75. The maximum atomic E-state index is 12.7. The van der Waals surface area contributed by atoms with Crippen molar-refractivity contribution in [3.05, 3.63) is 30.3 Å². The molecule has 1 saturated carbocycles. The van der Waals surface area contributed by atoms with Gasteiger partial charge in [-0.3, -0.25) is 4.79 Å². The van der Waals surface area contributed by atoms with Crippen molar-refractivity contribution in [2.45, 2.75) is 31.5 Å². The third-order valence-electron chi connectivity index (χ3n) is 5.56. The number of hydrogen-bond acceptors (Lipinski definition) is 4. The van der Waals surface area contributed by atoms with E-state index in [0.29, 0.717) is 5.92 Å². The van der Waals surface area contributed by atoms with E-state index < -0.39 is 12.1 Å². The molecule has 1 amide bonds. The zero-order chi connectivity index (χ0) is 21.0. The van der Waals surface area contributed by atoms with Gasteiger partial charge in [0.05, 0.1) is 12.0 Å². The number of carbonyl (C=O) groups excluding carboxylic acids is 1. The van der Waals surface area contributed by atoms with Crippen LogP contribution >= 0.6 is 0 Å². The fraction of sp³-hybridized carbons (Fsp3) is 0.600. The molecule has 2 aliphatic heterocycles. The van der Waals surface area contributed by atoms with Gasteiger partial charge in [-0.05, 0) is 37.3 Å². The summed E-state index contributed by atoms with van der Waals surface area (Å²) in [5.74, 6) is -1.35. The molecule has 160 valence electrons. The molecule has 3 fully saturated rings. The molecular weight excluding hydrogens is 389 g/mol. The Morgan fingerprint density at radius 2 is 1.79 bits per heavy atom. The molecule has 3 aliphatic rings. The van der Waals surface area contributed by atoms with Crippen LogP contribution in [0.25, 0.3) is 0 Å². The average Bonchev–Trinajstić information content (AvgIpc) is 3.40. The molecular formula is C20H25F3N2O4. The molecule has 1 aromatic rings. The number of carboxylic acid groups (broad SMARTS) is 1. The van der Waals surface area contributed by atoms with Gasteiger partial charge in [0.1, 0.15) is 0 Å². The number of piperidine rings is 1. The van der Waals surface area contributed by atoms with E-state index in [9.17, 15) is 18.0 Å². The highest BCUT2D eigenvalue weighted by Crippen LogP contribution is 2.36. The number of carboxylic acids is 1. The Labute approximate surface area is 167 Å². The van der Waals surface area contributed by atoms with Gasteiger partial charge in [-0.2, -0.15) is 13.2 Å². The van der Waals surface area contributed by atoms with Crippen molar-refractivity contribution in [2.24, 2.45) is 17.8 Å². The number of halogens is 3. The fourth-order valence-electron chi connectivity index (χ4n) is 3.80. The molecule has 1 aliphatic carbocycles. The van der Waals surface area contributed by atoms with Crippen LogP contribution in [0.5, 0.6) is 0 Å². The topological polar surface area (TPSA) is 78.9 Å². The van der Waals surface area contributed by atoms with Crippen LogP contribution in [-0.2, 0) is 14.3 Å². The Balaban J connectivity index is 0.000000298. The summed E-state index contributed by atoms with van der Waals surface area (Å²) >= 11 is 0. The highest BCUT2D eigenvalue weighted by molar-refractivity contribution is 5.80. The standard InChI is InChI=1S/C18H24N2O2.C2HF3O2/c21-18(19-10-13-6-7-13)16-11-20(14-4-2-1-3-5-14)12-17-15(16)8-9-22-17;3-2(4,5)1(6)7/h1-5,13,15-17H,6-12H2,(H,19,21);(H,6,7)/t15-,16+,17+;/m0./s1. The van der Waals surface area contributed by atoms with Gasteiger partial charge in [-0.15, -0.1) is 0 Å². The molecule has 2 heterocycles. The van der Waals surface area contributed by atoms with Crippen molar-refractivity contribution in [3.63, 3.8) is 0 Å². The molecule has 2 N–H and O–H groups in total. The van der Waals surface area contributed by atoms with Crippen LogP contribution in [0.2, 0.25) is 0 Å². The third-order valence-corrected chi connectivity index (χ3v) is 5.56. The summed E-state index contributed by atoms with van der Waals surface area (Å²) in [6, 6.07) is 10.4. The second-order valence-corrected chi connectivity index (χ2v) is 7.70. The highest BCUT2D eigenvalue weighted by atomic mass is 19.4. The molecule has 2 saturated heterocycles. The van der Waals surface area contributed by atoms with Crippen LogP contribution in [0.15, 0.2) is 30.3 Å². The summed E-state index contributed by atoms with van der Waals surface area (Å²) in [4.78, 5) is 23.9. The van der Waals surface area contributed by atoms with Gasteiger partial charge in [0.15, 0.2) is 0 Å². The van der Waals surface area contributed by atoms with Gasteiger partial charge in [-0.1, -0.05) is 18.2 Å². The first-order chi connectivity index (χ1) is 13.8. The Bertz CT molecular complexity index is 709. The first kappa shape index (κ1) is 21.4. The Morgan fingerprint density at radius 1 is 1.14 bits per heavy atom. The molecule has 29 heavy (non-hydrogen) atoms. The summed E-state index contributed by atoms with van der Waals surface area (Å²) in [6.45, 7) is 3.37. The lowest BCUT2D eigenvalue weighted by atomic mass is 9.82. The van der Waals surface area contributed by atoms with Gasteiger partial charge in [-0.25, -0.2) is 4.79 Å². The van der Waals surface area contributed by atoms with E-state index in [-0.39, 0.29) is 17.9 Å². The molecule has 1 aromatic carbocycles. The van der Waals surface area contributed by atoms with E-state index in [2.05, 4.69) is 34.5 Å². The predicted molar refractivity (Wildman–Crippen MR) is 99.4 cm³/mol. The maximum absolute atomic E-state index is 12.7. The van der Waals surface area contributed by atoms with Gasteiger partial charge in [0.25, 0.3) is 0 Å². The Morgan fingerprint density at radius 3 is 2.38 bits per heavy atom.